The topological polar surface area (TPSA) is 56.1 Å². The summed E-state index contributed by atoms with van der Waals surface area (Å²) in [5, 5.41) is 7.98. The molecule has 1 unspecified atom stereocenters. The quantitative estimate of drug-likeness (QED) is 0.868. The van der Waals surface area contributed by atoms with E-state index in [1.54, 1.807) is 7.11 Å². The summed E-state index contributed by atoms with van der Waals surface area (Å²) < 4.78 is 7.56. The van der Waals surface area contributed by atoms with E-state index in [1.165, 1.54) is 30.5 Å². The largest absolute Gasteiger partial charge is 0.496 e. The Morgan fingerprint density at radius 1 is 1.19 bits per heavy atom. The van der Waals surface area contributed by atoms with E-state index in [0.717, 1.165) is 43.4 Å². The van der Waals surface area contributed by atoms with Crippen molar-refractivity contribution in [3.63, 3.8) is 0 Å². The first kappa shape index (κ1) is 18.1. The van der Waals surface area contributed by atoms with Crippen LogP contribution in [0.15, 0.2) is 30.5 Å². The molecule has 0 aliphatic heterocycles. The van der Waals surface area contributed by atoms with Crippen LogP contribution in [0.2, 0.25) is 0 Å². The van der Waals surface area contributed by atoms with Gasteiger partial charge in [0.2, 0.25) is 5.91 Å². The molecule has 1 atom stereocenters. The van der Waals surface area contributed by atoms with Crippen molar-refractivity contribution in [2.45, 2.75) is 64.0 Å². The van der Waals surface area contributed by atoms with Gasteiger partial charge in [-0.15, -0.1) is 0 Å². The lowest BCUT2D eigenvalue weighted by molar-refractivity contribution is -0.126. The maximum Gasteiger partial charge on any atom is 0.223 e. The van der Waals surface area contributed by atoms with Gasteiger partial charge in [0.15, 0.2) is 0 Å². The van der Waals surface area contributed by atoms with Crippen LogP contribution in [0.1, 0.15) is 67.8 Å². The van der Waals surface area contributed by atoms with Crippen LogP contribution in [0.4, 0.5) is 0 Å². The molecule has 0 bridgehead atoms. The summed E-state index contributed by atoms with van der Waals surface area (Å²) >= 11 is 0. The van der Waals surface area contributed by atoms with Crippen LogP contribution >= 0.6 is 0 Å². The van der Waals surface area contributed by atoms with Gasteiger partial charge in [0.05, 0.1) is 25.9 Å². The zero-order valence-corrected chi connectivity index (χ0v) is 16.1. The molecule has 1 amide bonds. The second-order valence-electron chi connectivity index (χ2n) is 7.80. The summed E-state index contributed by atoms with van der Waals surface area (Å²) in [5.74, 6) is 1.33. The molecule has 27 heavy (non-hydrogen) atoms. The average Bonchev–Trinajstić information content (AvgIpc) is 3.13. The minimum Gasteiger partial charge on any atom is -0.496 e. The first-order valence-electron chi connectivity index (χ1n) is 10.2. The average molecular weight is 367 g/mol. The van der Waals surface area contributed by atoms with Crippen molar-refractivity contribution in [3.8, 4) is 5.75 Å². The molecule has 2 aliphatic carbocycles. The number of hydrogen-bond donors (Lipinski definition) is 1. The minimum atomic E-state index is 0.106. The van der Waals surface area contributed by atoms with Gasteiger partial charge in [0, 0.05) is 22.7 Å². The number of benzene rings is 1. The van der Waals surface area contributed by atoms with Gasteiger partial charge in [-0.3, -0.25) is 9.48 Å². The van der Waals surface area contributed by atoms with E-state index in [1.807, 2.05) is 24.4 Å². The molecule has 1 aromatic carbocycles. The summed E-state index contributed by atoms with van der Waals surface area (Å²) in [4.78, 5) is 12.7. The number of para-hydroxylation sites is 1. The Kier molecular flexibility index (Phi) is 5.46. The van der Waals surface area contributed by atoms with E-state index in [0.29, 0.717) is 6.54 Å². The molecule has 1 heterocycles. The molecule has 5 nitrogen and oxygen atoms in total. The van der Waals surface area contributed by atoms with Gasteiger partial charge in [0.1, 0.15) is 5.75 Å². The van der Waals surface area contributed by atoms with Crippen molar-refractivity contribution in [3.05, 3.63) is 47.3 Å². The molecule has 0 saturated heterocycles. The highest BCUT2D eigenvalue weighted by molar-refractivity contribution is 5.79. The highest BCUT2D eigenvalue weighted by atomic mass is 16.5. The molecule has 1 fully saturated rings. The molecular formula is C22H29N3O2. The van der Waals surface area contributed by atoms with E-state index in [2.05, 4.69) is 21.2 Å². The van der Waals surface area contributed by atoms with Crippen LogP contribution < -0.4 is 10.1 Å². The number of carbonyl (C=O) groups excluding carboxylic acids is 1. The molecule has 4 rings (SSSR count). The standard InChI is InChI=1S/C22H29N3O2/c1-27-21-13-6-5-10-17(21)15-25-20-12-7-11-19(18(20)14-23-25)24-22(26)16-8-3-2-4-9-16/h5-6,10,13-14,16,19H,2-4,7-9,11-12,15H2,1H3,(H,24,26). The van der Waals surface area contributed by atoms with Crippen LogP contribution in [0, 0.1) is 5.92 Å². The Labute approximate surface area is 161 Å². The first-order valence-corrected chi connectivity index (χ1v) is 10.2. The van der Waals surface area contributed by atoms with Crippen molar-refractivity contribution >= 4 is 5.91 Å². The maximum atomic E-state index is 12.7. The molecule has 1 N–H and O–H groups in total. The zero-order valence-electron chi connectivity index (χ0n) is 16.1. The van der Waals surface area contributed by atoms with E-state index in [-0.39, 0.29) is 17.9 Å². The van der Waals surface area contributed by atoms with E-state index >= 15 is 0 Å². The number of methoxy groups -OCH3 is 1. The van der Waals surface area contributed by atoms with Crippen LogP contribution in [-0.2, 0) is 17.8 Å². The van der Waals surface area contributed by atoms with Crippen LogP contribution in [0.25, 0.3) is 0 Å². The molecule has 0 spiro atoms. The molecule has 144 valence electrons. The number of ether oxygens (including phenoxy) is 1. The Balaban J connectivity index is 1.50. The number of nitrogens with one attached hydrogen (secondary N) is 1. The van der Waals surface area contributed by atoms with Crippen LogP contribution in [0.5, 0.6) is 5.75 Å². The Morgan fingerprint density at radius 3 is 2.81 bits per heavy atom. The van der Waals surface area contributed by atoms with Gasteiger partial charge in [-0.25, -0.2) is 0 Å². The summed E-state index contributed by atoms with van der Waals surface area (Å²) in [6.07, 6.45) is 10.8. The van der Waals surface area contributed by atoms with Gasteiger partial charge < -0.3 is 10.1 Å². The van der Waals surface area contributed by atoms with Crippen molar-refractivity contribution in [2.24, 2.45) is 5.92 Å². The fourth-order valence-corrected chi connectivity index (χ4v) is 4.55. The predicted molar refractivity (Wildman–Crippen MR) is 105 cm³/mol. The third kappa shape index (κ3) is 3.87. The number of carbonyl (C=O) groups is 1. The number of nitrogens with zero attached hydrogens (tertiary/aromatic N) is 2. The lowest BCUT2D eigenvalue weighted by Crippen LogP contribution is -2.36. The number of aromatic nitrogens is 2. The second kappa shape index (κ2) is 8.15. The Hall–Kier alpha value is -2.30. The van der Waals surface area contributed by atoms with Crippen LogP contribution in [-0.4, -0.2) is 22.8 Å². The second-order valence-corrected chi connectivity index (χ2v) is 7.80. The van der Waals surface area contributed by atoms with Gasteiger partial charge in [0.25, 0.3) is 0 Å². The highest BCUT2D eigenvalue weighted by Gasteiger charge is 2.28. The maximum absolute atomic E-state index is 12.7. The number of rotatable bonds is 5. The third-order valence-corrected chi connectivity index (χ3v) is 6.07. The summed E-state index contributed by atoms with van der Waals surface area (Å²) in [5.41, 5.74) is 3.57. The van der Waals surface area contributed by atoms with E-state index < -0.39 is 0 Å². The molecule has 1 aromatic heterocycles. The Morgan fingerprint density at radius 2 is 2.00 bits per heavy atom. The van der Waals surface area contributed by atoms with Crippen molar-refractivity contribution in [1.29, 1.82) is 0 Å². The molecular weight excluding hydrogens is 338 g/mol. The van der Waals surface area contributed by atoms with Crippen molar-refractivity contribution < 1.29 is 9.53 Å². The monoisotopic (exact) mass is 367 g/mol. The molecule has 5 heteroatoms. The van der Waals surface area contributed by atoms with Gasteiger partial charge >= 0.3 is 0 Å². The van der Waals surface area contributed by atoms with Gasteiger partial charge in [-0.05, 0) is 38.2 Å². The van der Waals surface area contributed by atoms with Crippen molar-refractivity contribution in [1.82, 2.24) is 15.1 Å². The minimum absolute atomic E-state index is 0.106. The third-order valence-electron chi connectivity index (χ3n) is 6.07. The van der Waals surface area contributed by atoms with Gasteiger partial charge in [-0.2, -0.15) is 5.10 Å². The lowest BCUT2D eigenvalue weighted by atomic mass is 9.87. The fourth-order valence-electron chi connectivity index (χ4n) is 4.55. The number of amides is 1. The predicted octanol–water partition coefficient (Wildman–Crippen LogP) is 4.01. The van der Waals surface area contributed by atoms with Crippen molar-refractivity contribution in [2.75, 3.05) is 7.11 Å². The van der Waals surface area contributed by atoms with Gasteiger partial charge in [-0.1, -0.05) is 37.5 Å². The van der Waals surface area contributed by atoms with E-state index in [9.17, 15) is 4.79 Å². The molecule has 2 aromatic rings. The first-order chi connectivity index (χ1) is 13.3. The normalized spacial score (nSPS) is 20.1. The summed E-state index contributed by atoms with van der Waals surface area (Å²) in [6, 6.07) is 8.18. The Bertz CT molecular complexity index is 793. The smallest absolute Gasteiger partial charge is 0.223 e. The highest BCUT2D eigenvalue weighted by Crippen LogP contribution is 2.32. The summed E-state index contributed by atoms with van der Waals surface area (Å²) in [7, 11) is 1.70. The number of fused-ring (bicyclic) bond motifs is 1. The number of hydrogen-bond acceptors (Lipinski definition) is 3. The van der Waals surface area contributed by atoms with Crippen LogP contribution in [0.3, 0.4) is 0 Å². The molecule has 0 radical (unpaired) electrons. The molecule has 1 saturated carbocycles. The SMILES string of the molecule is COc1ccccc1Cn1ncc2c1CCCC2NC(=O)C1CCCCC1. The van der Waals surface area contributed by atoms with E-state index in [4.69, 9.17) is 4.74 Å². The zero-order chi connectivity index (χ0) is 18.6. The fraction of sp³-hybridized carbons (Fsp3) is 0.545. The molecule has 2 aliphatic rings. The summed E-state index contributed by atoms with van der Waals surface area (Å²) in [6.45, 7) is 0.697. The lowest BCUT2D eigenvalue weighted by Gasteiger charge is -2.27.